The summed E-state index contributed by atoms with van der Waals surface area (Å²) in [6.07, 6.45) is 1.81. The number of carbonyl (C=O) groups excluding carboxylic acids is 2. The zero-order chi connectivity index (χ0) is 14.4. The molecule has 1 heterocycles. The van der Waals surface area contributed by atoms with Gasteiger partial charge in [0.05, 0.1) is 0 Å². The molecule has 2 N–H and O–H groups in total. The molecule has 1 aromatic carbocycles. The standard InChI is InChI=1S/C15H17N3O2/c1-18-11-5-8-13(18)15(20)17-10-9-16-14(19)12-6-3-2-4-7-12/h2-8,11H,9-10H2,1H3,(H,16,19)(H,17,20). The van der Waals surface area contributed by atoms with Gasteiger partial charge < -0.3 is 15.2 Å². The van der Waals surface area contributed by atoms with Crippen LogP contribution in [0.3, 0.4) is 0 Å². The molecule has 0 atom stereocenters. The second kappa shape index (κ2) is 6.56. The van der Waals surface area contributed by atoms with Gasteiger partial charge in [0.1, 0.15) is 5.69 Å². The summed E-state index contributed by atoms with van der Waals surface area (Å²) in [4.78, 5) is 23.5. The van der Waals surface area contributed by atoms with E-state index >= 15 is 0 Å². The van der Waals surface area contributed by atoms with Crippen LogP contribution in [0.15, 0.2) is 48.7 Å². The quantitative estimate of drug-likeness (QED) is 0.802. The normalized spacial score (nSPS) is 10.1. The summed E-state index contributed by atoms with van der Waals surface area (Å²) in [6.45, 7) is 0.784. The van der Waals surface area contributed by atoms with Crippen LogP contribution in [-0.4, -0.2) is 29.5 Å². The van der Waals surface area contributed by atoms with Crippen molar-refractivity contribution in [1.82, 2.24) is 15.2 Å². The monoisotopic (exact) mass is 271 g/mol. The van der Waals surface area contributed by atoms with Crippen LogP contribution in [0, 0.1) is 0 Å². The molecule has 0 aliphatic carbocycles. The highest BCUT2D eigenvalue weighted by Crippen LogP contribution is 1.99. The Labute approximate surface area is 117 Å². The molecule has 0 aliphatic heterocycles. The van der Waals surface area contributed by atoms with Crippen molar-refractivity contribution in [2.75, 3.05) is 13.1 Å². The molecule has 5 heteroatoms. The Bertz CT molecular complexity index is 590. The molecule has 20 heavy (non-hydrogen) atoms. The number of nitrogens with zero attached hydrogens (tertiary/aromatic N) is 1. The molecule has 2 rings (SSSR count). The number of hydrogen-bond donors (Lipinski definition) is 2. The van der Waals surface area contributed by atoms with Crippen LogP contribution in [0.1, 0.15) is 20.8 Å². The minimum Gasteiger partial charge on any atom is -0.350 e. The number of hydrogen-bond acceptors (Lipinski definition) is 2. The molecule has 0 unspecified atom stereocenters. The van der Waals surface area contributed by atoms with Crippen molar-refractivity contribution in [2.45, 2.75) is 0 Å². The van der Waals surface area contributed by atoms with Crippen LogP contribution in [0.5, 0.6) is 0 Å². The maximum Gasteiger partial charge on any atom is 0.267 e. The van der Waals surface area contributed by atoms with E-state index < -0.39 is 0 Å². The number of carbonyl (C=O) groups is 2. The molecule has 5 nitrogen and oxygen atoms in total. The van der Waals surface area contributed by atoms with Gasteiger partial charge in [-0.2, -0.15) is 0 Å². The molecule has 0 saturated heterocycles. The lowest BCUT2D eigenvalue weighted by Crippen LogP contribution is -2.35. The number of aryl methyl sites for hydroxylation is 1. The zero-order valence-electron chi connectivity index (χ0n) is 11.3. The Balaban J connectivity index is 1.73. The summed E-state index contributed by atoms with van der Waals surface area (Å²) < 4.78 is 1.75. The molecule has 0 spiro atoms. The van der Waals surface area contributed by atoms with Crippen molar-refractivity contribution in [1.29, 1.82) is 0 Å². The van der Waals surface area contributed by atoms with Crippen molar-refractivity contribution in [3.8, 4) is 0 Å². The Hall–Kier alpha value is -2.56. The second-order valence-electron chi connectivity index (χ2n) is 4.38. The fourth-order valence-corrected chi connectivity index (χ4v) is 1.83. The molecular weight excluding hydrogens is 254 g/mol. The Morgan fingerprint density at radius 3 is 2.20 bits per heavy atom. The van der Waals surface area contributed by atoms with Crippen LogP contribution >= 0.6 is 0 Å². The smallest absolute Gasteiger partial charge is 0.267 e. The minimum absolute atomic E-state index is 0.140. The number of benzene rings is 1. The van der Waals surface area contributed by atoms with Gasteiger partial charge >= 0.3 is 0 Å². The van der Waals surface area contributed by atoms with Crippen LogP contribution in [0.2, 0.25) is 0 Å². The first kappa shape index (κ1) is 13.9. The average molecular weight is 271 g/mol. The number of aromatic nitrogens is 1. The highest BCUT2D eigenvalue weighted by Gasteiger charge is 2.08. The molecule has 0 bridgehead atoms. The van der Waals surface area contributed by atoms with Crippen LogP contribution < -0.4 is 10.6 Å². The van der Waals surface area contributed by atoms with Crippen LogP contribution in [0.4, 0.5) is 0 Å². The third-order valence-corrected chi connectivity index (χ3v) is 2.91. The lowest BCUT2D eigenvalue weighted by Gasteiger charge is -2.07. The fraction of sp³-hybridized carbons (Fsp3) is 0.200. The van der Waals surface area contributed by atoms with Gasteiger partial charge in [0.2, 0.25) is 0 Å². The lowest BCUT2D eigenvalue weighted by molar-refractivity contribution is 0.0923. The van der Waals surface area contributed by atoms with E-state index in [0.717, 1.165) is 0 Å². The molecule has 2 aromatic rings. The summed E-state index contributed by atoms with van der Waals surface area (Å²) >= 11 is 0. The molecule has 0 aliphatic rings. The number of nitrogens with one attached hydrogen (secondary N) is 2. The summed E-state index contributed by atoms with van der Waals surface area (Å²) in [7, 11) is 1.81. The van der Waals surface area contributed by atoms with Crippen molar-refractivity contribution in [3.05, 3.63) is 59.9 Å². The minimum atomic E-state index is -0.147. The fourth-order valence-electron chi connectivity index (χ4n) is 1.83. The van der Waals surface area contributed by atoms with Crippen molar-refractivity contribution >= 4 is 11.8 Å². The van der Waals surface area contributed by atoms with Crippen molar-refractivity contribution < 1.29 is 9.59 Å². The van der Waals surface area contributed by atoms with Crippen molar-refractivity contribution in [3.63, 3.8) is 0 Å². The third kappa shape index (κ3) is 3.47. The van der Waals surface area contributed by atoms with E-state index in [4.69, 9.17) is 0 Å². The van der Waals surface area contributed by atoms with Gasteiger partial charge in [-0.3, -0.25) is 9.59 Å². The first-order chi connectivity index (χ1) is 9.68. The Kier molecular flexibility index (Phi) is 4.55. The molecule has 1 aromatic heterocycles. The van der Waals surface area contributed by atoms with E-state index in [2.05, 4.69) is 10.6 Å². The van der Waals surface area contributed by atoms with Gasteiger partial charge in [-0.15, -0.1) is 0 Å². The topological polar surface area (TPSA) is 63.1 Å². The predicted molar refractivity (Wildman–Crippen MR) is 76.5 cm³/mol. The lowest BCUT2D eigenvalue weighted by atomic mass is 10.2. The molecule has 0 fully saturated rings. The van der Waals surface area contributed by atoms with Gasteiger partial charge in [0.15, 0.2) is 0 Å². The zero-order valence-corrected chi connectivity index (χ0v) is 11.3. The van der Waals surface area contributed by atoms with E-state index in [1.54, 1.807) is 22.8 Å². The summed E-state index contributed by atoms with van der Waals surface area (Å²) in [5.41, 5.74) is 1.21. The summed E-state index contributed by atoms with van der Waals surface area (Å²) in [5, 5.41) is 5.51. The maximum atomic E-state index is 11.8. The molecular formula is C15H17N3O2. The molecule has 2 amide bonds. The van der Waals surface area contributed by atoms with E-state index in [9.17, 15) is 9.59 Å². The third-order valence-electron chi connectivity index (χ3n) is 2.91. The van der Waals surface area contributed by atoms with Gasteiger partial charge in [-0.25, -0.2) is 0 Å². The second-order valence-corrected chi connectivity index (χ2v) is 4.38. The first-order valence-corrected chi connectivity index (χ1v) is 6.41. The maximum absolute atomic E-state index is 11.8. The molecule has 0 saturated carbocycles. The van der Waals surface area contributed by atoms with Gasteiger partial charge in [0.25, 0.3) is 11.8 Å². The summed E-state index contributed by atoms with van der Waals surface area (Å²) in [6, 6.07) is 12.5. The van der Waals surface area contributed by atoms with E-state index in [1.807, 2.05) is 37.5 Å². The Morgan fingerprint density at radius 1 is 0.950 bits per heavy atom. The van der Waals surface area contributed by atoms with Gasteiger partial charge in [-0.1, -0.05) is 18.2 Å². The molecule has 0 radical (unpaired) electrons. The van der Waals surface area contributed by atoms with Crippen LogP contribution in [0.25, 0.3) is 0 Å². The summed E-state index contributed by atoms with van der Waals surface area (Å²) in [5.74, 6) is -0.287. The number of rotatable bonds is 5. The number of amides is 2. The SMILES string of the molecule is Cn1cccc1C(=O)NCCNC(=O)c1ccccc1. The van der Waals surface area contributed by atoms with E-state index in [1.165, 1.54) is 0 Å². The van der Waals surface area contributed by atoms with Gasteiger partial charge in [-0.05, 0) is 24.3 Å². The average Bonchev–Trinajstić information content (AvgIpc) is 2.90. The van der Waals surface area contributed by atoms with Gasteiger partial charge in [0, 0.05) is 31.9 Å². The predicted octanol–water partition coefficient (Wildman–Crippen LogP) is 1.18. The highest BCUT2D eigenvalue weighted by atomic mass is 16.2. The molecule has 104 valence electrons. The largest absolute Gasteiger partial charge is 0.350 e. The highest BCUT2D eigenvalue weighted by molar-refractivity contribution is 5.94. The van der Waals surface area contributed by atoms with E-state index in [0.29, 0.717) is 24.3 Å². The van der Waals surface area contributed by atoms with E-state index in [-0.39, 0.29) is 11.8 Å². The first-order valence-electron chi connectivity index (χ1n) is 6.41. The Morgan fingerprint density at radius 2 is 1.60 bits per heavy atom. The van der Waals surface area contributed by atoms with Crippen LogP contribution in [-0.2, 0) is 7.05 Å². The van der Waals surface area contributed by atoms with Crippen molar-refractivity contribution in [2.24, 2.45) is 7.05 Å².